The second-order valence-corrected chi connectivity index (χ2v) is 10.7. The Bertz CT molecular complexity index is 1000. The van der Waals surface area contributed by atoms with Gasteiger partial charge in [-0.15, -0.1) is 0 Å². The average molecular weight is 459 g/mol. The van der Waals surface area contributed by atoms with Gasteiger partial charge < -0.3 is 25.2 Å². The predicted octanol–water partition coefficient (Wildman–Crippen LogP) is 1.96. The summed E-state index contributed by atoms with van der Waals surface area (Å²) in [7, 11) is -1.47. The molecule has 0 radical (unpaired) electrons. The highest BCUT2D eigenvalue weighted by Crippen LogP contribution is 2.38. The quantitative estimate of drug-likeness (QED) is 0.705. The number of nitrogens with two attached hydrogens (primary N) is 1. The number of hydrogen-bond donors (Lipinski definition) is 2. The fraction of sp³-hybridized carbons (Fsp3) is 0.611. The van der Waals surface area contributed by atoms with Crippen LogP contribution in [-0.4, -0.2) is 79.4 Å². The van der Waals surface area contributed by atoms with Crippen LogP contribution in [0.3, 0.4) is 0 Å². The smallest absolute Gasteiger partial charge is 0.407 e. The normalized spacial score (nSPS) is 20.1. The number of carboxylic acid groups (broad SMARTS) is 1. The van der Waals surface area contributed by atoms with E-state index in [0.717, 1.165) is 47.4 Å². The molecule has 0 saturated carbocycles. The Kier molecular flexibility index (Phi) is 6.98. The maximum atomic E-state index is 11.0. The zero-order valence-corrected chi connectivity index (χ0v) is 18.5. The first kappa shape index (κ1) is 22.5. The molecule has 2 saturated heterocycles. The Hall–Kier alpha value is -2.18. The maximum absolute atomic E-state index is 11.0. The third kappa shape index (κ3) is 5.10. The van der Waals surface area contributed by atoms with Crippen LogP contribution in [0.15, 0.2) is 6.20 Å². The van der Waals surface area contributed by atoms with Gasteiger partial charge in [0.2, 0.25) is 5.88 Å². The average Bonchev–Trinajstić information content (AvgIpc) is 3.35. The van der Waals surface area contributed by atoms with Gasteiger partial charge in [0.15, 0.2) is 15.0 Å². The number of hydrogen-bond acceptors (Lipinski definition) is 9. The number of carbonyl (C=O) groups is 1. The molecule has 0 bridgehead atoms. The van der Waals surface area contributed by atoms with Crippen LogP contribution in [0.25, 0.3) is 10.2 Å². The van der Waals surface area contributed by atoms with Crippen LogP contribution in [0.1, 0.15) is 30.7 Å². The molecule has 0 spiro atoms. The molecule has 3 N–H and O–H groups in total. The van der Waals surface area contributed by atoms with Gasteiger partial charge in [0.25, 0.3) is 0 Å². The Labute approximate surface area is 178 Å². The number of ether oxygens (including phenoxy) is 2. The number of nitrogens with zero attached hydrogens (tertiary/aromatic N) is 3. The van der Waals surface area contributed by atoms with Crippen LogP contribution in [0.5, 0.6) is 5.88 Å². The van der Waals surface area contributed by atoms with E-state index in [1.807, 2.05) is 6.20 Å². The first-order valence-corrected chi connectivity index (χ1v) is 12.3. The number of aromatic nitrogens is 2. The maximum Gasteiger partial charge on any atom is 0.407 e. The minimum atomic E-state index is -3.07. The van der Waals surface area contributed by atoms with Crippen LogP contribution >= 0.6 is 11.3 Å². The summed E-state index contributed by atoms with van der Waals surface area (Å²) in [5.41, 5.74) is 7.82. The summed E-state index contributed by atoms with van der Waals surface area (Å²) in [6.07, 6.45) is 4.48. The Morgan fingerprint density at radius 1 is 1.37 bits per heavy atom. The van der Waals surface area contributed by atoms with Gasteiger partial charge in [-0.1, -0.05) is 11.3 Å². The zero-order valence-electron chi connectivity index (χ0n) is 16.9. The monoisotopic (exact) mass is 458 g/mol. The molecule has 10 nitrogen and oxygen atoms in total. The number of fused-ring (bicyclic) bond motifs is 1. The van der Waals surface area contributed by atoms with E-state index in [9.17, 15) is 13.2 Å². The molecule has 0 aromatic carbocycles. The second kappa shape index (κ2) is 9.31. The Morgan fingerprint density at radius 3 is 2.60 bits per heavy atom. The second-order valence-electron chi connectivity index (χ2n) is 7.31. The Balaban J connectivity index is 0.000000187. The van der Waals surface area contributed by atoms with Crippen LogP contribution < -0.4 is 10.5 Å². The molecular formula is C18H26N4O6S2. The van der Waals surface area contributed by atoms with Gasteiger partial charge in [-0.05, 0) is 30.7 Å². The SMILES string of the molecule is COc1ncc(C2CCOCC2)c2sc(N)nc12.CS(=O)(=O)[C@H]1CCN(C(=O)O)C1. The molecule has 166 valence electrons. The van der Waals surface area contributed by atoms with Crippen molar-refractivity contribution in [3.8, 4) is 5.88 Å². The predicted molar refractivity (Wildman–Crippen MR) is 114 cm³/mol. The fourth-order valence-electron chi connectivity index (χ4n) is 3.63. The van der Waals surface area contributed by atoms with Crippen molar-refractivity contribution in [1.82, 2.24) is 14.9 Å². The summed E-state index contributed by atoms with van der Waals surface area (Å²) in [4.78, 5) is 20.2. The number of amides is 1. The lowest BCUT2D eigenvalue weighted by Crippen LogP contribution is -2.30. The van der Waals surface area contributed by atoms with E-state index in [0.29, 0.717) is 29.9 Å². The number of anilines is 1. The van der Waals surface area contributed by atoms with E-state index in [2.05, 4.69) is 9.97 Å². The summed E-state index contributed by atoms with van der Waals surface area (Å²) in [6.45, 7) is 2.07. The van der Waals surface area contributed by atoms with Crippen molar-refractivity contribution in [3.63, 3.8) is 0 Å². The minimum Gasteiger partial charge on any atom is -0.479 e. The number of likely N-dealkylation sites (tertiary alicyclic amines) is 1. The van der Waals surface area contributed by atoms with Crippen molar-refractivity contribution < 1.29 is 27.8 Å². The molecule has 1 amide bonds. The number of rotatable bonds is 3. The number of methoxy groups -OCH3 is 1. The van der Waals surface area contributed by atoms with Gasteiger partial charge in [-0.2, -0.15) is 0 Å². The van der Waals surface area contributed by atoms with E-state index in [-0.39, 0.29) is 6.54 Å². The van der Waals surface area contributed by atoms with Crippen molar-refractivity contribution in [1.29, 1.82) is 0 Å². The molecule has 2 aromatic heterocycles. The van der Waals surface area contributed by atoms with E-state index < -0.39 is 21.2 Å². The first-order chi connectivity index (χ1) is 14.2. The third-order valence-electron chi connectivity index (χ3n) is 5.30. The van der Waals surface area contributed by atoms with Gasteiger partial charge in [0.05, 0.1) is 17.1 Å². The van der Waals surface area contributed by atoms with Gasteiger partial charge in [0, 0.05) is 38.8 Å². The summed E-state index contributed by atoms with van der Waals surface area (Å²) < 4.78 is 33.7. The van der Waals surface area contributed by atoms with E-state index >= 15 is 0 Å². The van der Waals surface area contributed by atoms with Crippen molar-refractivity contribution in [3.05, 3.63) is 11.8 Å². The highest BCUT2D eigenvalue weighted by atomic mass is 32.2. The molecule has 2 fully saturated rings. The molecule has 2 aliphatic heterocycles. The highest BCUT2D eigenvalue weighted by Gasteiger charge is 2.32. The summed E-state index contributed by atoms with van der Waals surface area (Å²) in [5, 5.41) is 8.58. The number of sulfone groups is 1. The van der Waals surface area contributed by atoms with E-state index in [4.69, 9.17) is 20.3 Å². The number of thiazole rings is 1. The molecule has 4 rings (SSSR count). The summed E-state index contributed by atoms with van der Waals surface area (Å²) in [6, 6.07) is 0. The minimum absolute atomic E-state index is 0.119. The van der Waals surface area contributed by atoms with Crippen molar-refractivity contribution in [2.45, 2.75) is 30.4 Å². The summed E-state index contributed by atoms with van der Waals surface area (Å²) >= 11 is 1.51. The van der Waals surface area contributed by atoms with Gasteiger partial charge in [-0.25, -0.2) is 23.2 Å². The van der Waals surface area contributed by atoms with Crippen LogP contribution in [0.4, 0.5) is 9.93 Å². The van der Waals surface area contributed by atoms with E-state index in [1.165, 1.54) is 16.9 Å². The fourth-order valence-corrected chi connectivity index (χ4v) is 5.52. The number of pyridine rings is 1. The molecule has 4 heterocycles. The largest absolute Gasteiger partial charge is 0.479 e. The standard InChI is InChI=1S/C12H15N3O2S.C6H11NO4S/c1-16-11-9-10(18-12(13)15-9)8(6-14-11)7-2-4-17-5-3-7;1-12(10,11)5-2-3-7(4-5)6(8)9/h6-7H,2-5H2,1H3,(H2,13,15);5H,2-4H2,1H3,(H,8,9)/t;5-/m.0/s1. The molecule has 0 aliphatic carbocycles. The van der Waals surface area contributed by atoms with E-state index in [1.54, 1.807) is 7.11 Å². The van der Waals surface area contributed by atoms with Gasteiger partial charge in [-0.3, -0.25) is 0 Å². The Morgan fingerprint density at radius 2 is 2.07 bits per heavy atom. The van der Waals surface area contributed by atoms with Crippen LogP contribution in [0.2, 0.25) is 0 Å². The highest BCUT2D eigenvalue weighted by molar-refractivity contribution is 7.91. The lowest BCUT2D eigenvalue weighted by Gasteiger charge is -2.22. The van der Waals surface area contributed by atoms with Gasteiger partial charge in [0.1, 0.15) is 5.52 Å². The van der Waals surface area contributed by atoms with Crippen molar-refractivity contribution in [2.75, 3.05) is 45.4 Å². The molecule has 12 heteroatoms. The molecule has 0 unspecified atom stereocenters. The van der Waals surface area contributed by atoms with Gasteiger partial charge >= 0.3 is 6.09 Å². The lowest BCUT2D eigenvalue weighted by molar-refractivity contribution is 0.0855. The molecular weight excluding hydrogens is 432 g/mol. The topological polar surface area (TPSA) is 145 Å². The van der Waals surface area contributed by atoms with Crippen LogP contribution in [0, 0.1) is 0 Å². The first-order valence-electron chi connectivity index (χ1n) is 9.54. The van der Waals surface area contributed by atoms with Crippen molar-refractivity contribution >= 4 is 42.6 Å². The number of nitrogen functional groups attached to an aromatic ring is 1. The van der Waals surface area contributed by atoms with Crippen LogP contribution in [-0.2, 0) is 14.6 Å². The zero-order chi connectivity index (χ0) is 21.9. The third-order valence-corrected chi connectivity index (χ3v) is 7.83. The molecule has 2 aliphatic rings. The van der Waals surface area contributed by atoms with Crippen molar-refractivity contribution in [2.24, 2.45) is 0 Å². The lowest BCUT2D eigenvalue weighted by atomic mass is 9.93. The molecule has 1 atom stereocenters. The molecule has 2 aromatic rings. The molecule has 30 heavy (non-hydrogen) atoms. The summed E-state index contributed by atoms with van der Waals surface area (Å²) in [5.74, 6) is 1.04.